The second-order valence-electron chi connectivity index (χ2n) is 3.45. The molecule has 0 spiro atoms. The molecule has 2 heterocycles. The van der Waals surface area contributed by atoms with Crippen molar-refractivity contribution in [2.24, 2.45) is 0 Å². The lowest BCUT2D eigenvalue weighted by molar-refractivity contribution is -0.118. The Hall–Kier alpha value is -1.91. The predicted molar refractivity (Wildman–Crippen MR) is 55.6 cm³/mol. The molecular weight excluding hydrogens is 208 g/mol. The third-order valence-electron chi connectivity index (χ3n) is 2.09. The van der Waals surface area contributed by atoms with Crippen LogP contribution in [0.5, 0.6) is 0 Å². The topological polar surface area (TPSA) is 69.1 Å². The summed E-state index contributed by atoms with van der Waals surface area (Å²) in [5, 5.41) is 3.74. The van der Waals surface area contributed by atoms with Crippen molar-refractivity contribution in [3.63, 3.8) is 0 Å². The summed E-state index contributed by atoms with van der Waals surface area (Å²) < 4.78 is 10.1. The first-order valence-corrected chi connectivity index (χ1v) is 5.17. The highest BCUT2D eigenvalue weighted by molar-refractivity contribution is 5.79. The van der Waals surface area contributed by atoms with E-state index in [9.17, 15) is 4.79 Å². The number of hydrogen-bond donors (Lipinski definition) is 0. The molecular formula is C11H12N2O3. The molecule has 16 heavy (non-hydrogen) atoms. The van der Waals surface area contributed by atoms with Crippen molar-refractivity contribution in [3.05, 3.63) is 24.3 Å². The van der Waals surface area contributed by atoms with Gasteiger partial charge in [-0.1, -0.05) is 12.1 Å². The van der Waals surface area contributed by atoms with Crippen LogP contribution in [0.3, 0.4) is 0 Å². The maximum absolute atomic E-state index is 11.4. The van der Waals surface area contributed by atoms with Crippen molar-refractivity contribution in [1.29, 1.82) is 0 Å². The second-order valence-corrected chi connectivity index (χ2v) is 3.45. The third-order valence-corrected chi connectivity index (χ3v) is 2.09. The van der Waals surface area contributed by atoms with Gasteiger partial charge in [-0.15, -0.1) is 0 Å². The number of furan rings is 1. The molecule has 0 aromatic carbocycles. The van der Waals surface area contributed by atoms with Crippen molar-refractivity contribution in [1.82, 2.24) is 10.1 Å². The van der Waals surface area contributed by atoms with Gasteiger partial charge in [0.1, 0.15) is 5.78 Å². The molecule has 0 aliphatic heterocycles. The molecule has 0 radical (unpaired) electrons. The van der Waals surface area contributed by atoms with E-state index in [1.807, 2.05) is 6.92 Å². The summed E-state index contributed by atoms with van der Waals surface area (Å²) in [6, 6.07) is 3.48. The van der Waals surface area contributed by atoms with Gasteiger partial charge in [0.25, 0.3) is 0 Å². The van der Waals surface area contributed by atoms with Gasteiger partial charge < -0.3 is 8.94 Å². The van der Waals surface area contributed by atoms with Gasteiger partial charge in [-0.25, -0.2) is 0 Å². The van der Waals surface area contributed by atoms with Crippen LogP contribution < -0.4 is 0 Å². The maximum atomic E-state index is 11.4. The van der Waals surface area contributed by atoms with Gasteiger partial charge in [-0.05, 0) is 18.6 Å². The summed E-state index contributed by atoms with van der Waals surface area (Å²) in [6.07, 6.45) is 3.10. The number of Topliss-reactive ketones (excluding diaryl/α,β-unsaturated/α-hetero) is 1. The monoisotopic (exact) mass is 220 g/mol. The minimum absolute atomic E-state index is 0.108. The molecule has 84 valence electrons. The standard InChI is InChI=1S/C11H12N2O3/c1-2-4-8(14)7-10-12-11(13-16-10)9-5-3-6-15-9/h3,5-6H,2,4,7H2,1H3. The van der Waals surface area contributed by atoms with E-state index in [1.165, 1.54) is 6.26 Å². The van der Waals surface area contributed by atoms with E-state index in [2.05, 4.69) is 10.1 Å². The fourth-order valence-corrected chi connectivity index (χ4v) is 1.37. The summed E-state index contributed by atoms with van der Waals surface area (Å²) in [4.78, 5) is 15.4. The molecule has 2 aromatic heterocycles. The van der Waals surface area contributed by atoms with E-state index in [0.717, 1.165) is 6.42 Å². The van der Waals surface area contributed by atoms with E-state index in [0.29, 0.717) is 23.9 Å². The van der Waals surface area contributed by atoms with Crippen LogP contribution in [0.4, 0.5) is 0 Å². The van der Waals surface area contributed by atoms with Gasteiger partial charge in [0.2, 0.25) is 11.7 Å². The molecule has 0 fully saturated rings. The highest BCUT2D eigenvalue weighted by atomic mass is 16.5. The number of nitrogens with zero attached hydrogens (tertiary/aromatic N) is 2. The molecule has 2 rings (SSSR count). The Labute approximate surface area is 92.5 Å². The van der Waals surface area contributed by atoms with Crippen LogP contribution in [0, 0.1) is 0 Å². The SMILES string of the molecule is CCCC(=O)Cc1nc(-c2ccco2)no1. The van der Waals surface area contributed by atoms with E-state index in [4.69, 9.17) is 8.94 Å². The summed E-state index contributed by atoms with van der Waals surface area (Å²) in [5.41, 5.74) is 0. The van der Waals surface area contributed by atoms with Crippen LogP contribution in [0.15, 0.2) is 27.3 Å². The summed E-state index contributed by atoms with van der Waals surface area (Å²) in [6.45, 7) is 1.96. The first-order valence-electron chi connectivity index (χ1n) is 5.17. The molecule has 0 aliphatic carbocycles. The zero-order chi connectivity index (χ0) is 11.4. The maximum Gasteiger partial charge on any atom is 0.238 e. The van der Waals surface area contributed by atoms with Gasteiger partial charge >= 0.3 is 0 Å². The zero-order valence-electron chi connectivity index (χ0n) is 8.97. The van der Waals surface area contributed by atoms with Gasteiger partial charge in [0, 0.05) is 6.42 Å². The van der Waals surface area contributed by atoms with Crippen LogP contribution in [-0.4, -0.2) is 15.9 Å². The average molecular weight is 220 g/mol. The Balaban J connectivity index is 2.06. The predicted octanol–water partition coefficient (Wildman–Crippen LogP) is 2.24. The largest absolute Gasteiger partial charge is 0.461 e. The van der Waals surface area contributed by atoms with Crippen LogP contribution in [0.25, 0.3) is 11.6 Å². The summed E-state index contributed by atoms with van der Waals surface area (Å²) in [7, 11) is 0. The number of rotatable bonds is 5. The van der Waals surface area contributed by atoms with Crippen LogP contribution in [0.2, 0.25) is 0 Å². The third kappa shape index (κ3) is 2.36. The second kappa shape index (κ2) is 4.74. The van der Waals surface area contributed by atoms with Crippen LogP contribution >= 0.6 is 0 Å². The lowest BCUT2D eigenvalue weighted by atomic mass is 10.2. The quantitative estimate of drug-likeness (QED) is 0.772. The van der Waals surface area contributed by atoms with Gasteiger partial charge in [0.05, 0.1) is 12.7 Å². The molecule has 5 nitrogen and oxygen atoms in total. The van der Waals surface area contributed by atoms with Crippen LogP contribution in [0.1, 0.15) is 25.7 Å². The van der Waals surface area contributed by atoms with Crippen molar-refractivity contribution < 1.29 is 13.7 Å². The first-order chi connectivity index (χ1) is 7.79. The molecule has 0 amide bonds. The fraction of sp³-hybridized carbons (Fsp3) is 0.364. The Morgan fingerprint density at radius 1 is 1.50 bits per heavy atom. The van der Waals surface area contributed by atoms with Crippen molar-refractivity contribution >= 4 is 5.78 Å². The minimum atomic E-state index is 0.108. The molecule has 5 heteroatoms. The van der Waals surface area contributed by atoms with Crippen molar-refractivity contribution in [2.45, 2.75) is 26.2 Å². The van der Waals surface area contributed by atoms with Gasteiger partial charge in [-0.3, -0.25) is 4.79 Å². The summed E-state index contributed by atoms with van der Waals surface area (Å²) in [5.74, 6) is 1.37. The number of carbonyl (C=O) groups is 1. The van der Waals surface area contributed by atoms with Crippen molar-refractivity contribution in [2.75, 3.05) is 0 Å². The summed E-state index contributed by atoms with van der Waals surface area (Å²) >= 11 is 0. The Morgan fingerprint density at radius 2 is 2.38 bits per heavy atom. The molecule has 0 unspecified atom stereocenters. The molecule has 0 bridgehead atoms. The van der Waals surface area contributed by atoms with Gasteiger partial charge in [-0.2, -0.15) is 4.98 Å². The molecule has 0 aliphatic rings. The molecule has 0 N–H and O–H groups in total. The average Bonchev–Trinajstić information content (AvgIpc) is 2.86. The number of carbonyl (C=O) groups excluding carboxylic acids is 1. The lowest BCUT2D eigenvalue weighted by Crippen LogP contribution is -2.01. The van der Waals surface area contributed by atoms with E-state index >= 15 is 0 Å². The smallest absolute Gasteiger partial charge is 0.238 e. The highest BCUT2D eigenvalue weighted by Crippen LogP contribution is 2.16. The normalized spacial score (nSPS) is 10.6. The van der Waals surface area contributed by atoms with Crippen LogP contribution in [-0.2, 0) is 11.2 Å². The number of aromatic nitrogens is 2. The first kappa shape index (κ1) is 10.6. The molecule has 2 aromatic rings. The van der Waals surface area contributed by atoms with E-state index in [1.54, 1.807) is 12.1 Å². The molecule has 0 saturated heterocycles. The Kier molecular flexibility index (Phi) is 3.14. The lowest BCUT2D eigenvalue weighted by Gasteiger charge is -1.91. The molecule has 0 saturated carbocycles. The van der Waals surface area contributed by atoms with E-state index < -0.39 is 0 Å². The molecule has 0 atom stereocenters. The highest BCUT2D eigenvalue weighted by Gasteiger charge is 2.13. The Bertz CT molecular complexity index is 459. The van der Waals surface area contributed by atoms with Crippen molar-refractivity contribution in [3.8, 4) is 11.6 Å². The Morgan fingerprint density at radius 3 is 3.06 bits per heavy atom. The minimum Gasteiger partial charge on any atom is -0.461 e. The number of hydrogen-bond acceptors (Lipinski definition) is 5. The van der Waals surface area contributed by atoms with E-state index in [-0.39, 0.29) is 12.2 Å². The van der Waals surface area contributed by atoms with Gasteiger partial charge in [0.15, 0.2) is 5.76 Å². The fourth-order valence-electron chi connectivity index (χ4n) is 1.37. The zero-order valence-corrected chi connectivity index (χ0v) is 8.97. The number of ketones is 1.